The Morgan fingerprint density at radius 2 is 1.62 bits per heavy atom. The van der Waals surface area contributed by atoms with E-state index in [9.17, 15) is 4.79 Å². The van der Waals surface area contributed by atoms with Gasteiger partial charge in [0, 0.05) is 31.9 Å². The first-order valence-electron chi connectivity index (χ1n) is 5.38. The second-order valence-electron chi connectivity index (χ2n) is 4.39. The van der Waals surface area contributed by atoms with Crippen molar-refractivity contribution in [2.45, 2.75) is 20.8 Å². The van der Waals surface area contributed by atoms with Crippen LogP contribution in [0.3, 0.4) is 0 Å². The molecule has 0 bridgehead atoms. The average molecular weight is 217 g/mol. The lowest BCUT2D eigenvalue weighted by molar-refractivity contribution is 0.104. The molecule has 16 heavy (non-hydrogen) atoms. The summed E-state index contributed by atoms with van der Waals surface area (Å²) in [5, 5.41) is 0. The Bertz CT molecular complexity index is 431. The van der Waals surface area contributed by atoms with Crippen LogP contribution >= 0.6 is 0 Å². The first-order valence-corrected chi connectivity index (χ1v) is 5.38. The minimum atomic E-state index is 0.0642. The number of rotatable bonds is 3. The summed E-state index contributed by atoms with van der Waals surface area (Å²) < 4.78 is 0. The Morgan fingerprint density at radius 1 is 1.06 bits per heavy atom. The molecular weight excluding hydrogens is 198 g/mol. The van der Waals surface area contributed by atoms with Gasteiger partial charge in [-0.3, -0.25) is 4.79 Å². The SMILES string of the molecule is Cc1cc(C)c(C(=O)C=CN(C)C)cc1C. The Kier molecular flexibility index (Phi) is 3.88. The maximum Gasteiger partial charge on any atom is 0.187 e. The van der Waals surface area contributed by atoms with E-state index in [-0.39, 0.29) is 5.78 Å². The van der Waals surface area contributed by atoms with E-state index in [1.165, 1.54) is 5.56 Å². The van der Waals surface area contributed by atoms with Gasteiger partial charge in [-0.25, -0.2) is 0 Å². The van der Waals surface area contributed by atoms with Crippen LogP contribution in [0.25, 0.3) is 0 Å². The molecular formula is C14H19NO. The van der Waals surface area contributed by atoms with Crippen LogP contribution in [0.4, 0.5) is 0 Å². The fraction of sp³-hybridized carbons (Fsp3) is 0.357. The minimum absolute atomic E-state index is 0.0642. The number of hydrogen-bond donors (Lipinski definition) is 0. The Hall–Kier alpha value is -1.57. The van der Waals surface area contributed by atoms with Crippen molar-refractivity contribution >= 4 is 5.78 Å². The van der Waals surface area contributed by atoms with Crippen molar-refractivity contribution in [3.05, 3.63) is 46.7 Å². The van der Waals surface area contributed by atoms with Gasteiger partial charge < -0.3 is 4.90 Å². The highest BCUT2D eigenvalue weighted by Crippen LogP contribution is 2.16. The number of hydrogen-bond acceptors (Lipinski definition) is 2. The van der Waals surface area contributed by atoms with E-state index < -0.39 is 0 Å². The number of ketones is 1. The molecule has 0 aliphatic carbocycles. The highest BCUT2D eigenvalue weighted by atomic mass is 16.1. The van der Waals surface area contributed by atoms with Crippen LogP contribution in [-0.4, -0.2) is 24.8 Å². The van der Waals surface area contributed by atoms with Gasteiger partial charge in [0.05, 0.1) is 0 Å². The highest BCUT2D eigenvalue weighted by Gasteiger charge is 2.07. The summed E-state index contributed by atoms with van der Waals surface area (Å²) in [5.41, 5.74) is 4.22. The van der Waals surface area contributed by atoms with Crippen LogP contribution in [0.15, 0.2) is 24.4 Å². The van der Waals surface area contributed by atoms with Crippen molar-refractivity contribution in [2.24, 2.45) is 0 Å². The summed E-state index contributed by atoms with van der Waals surface area (Å²) in [5.74, 6) is 0.0642. The summed E-state index contributed by atoms with van der Waals surface area (Å²) in [6.45, 7) is 6.07. The summed E-state index contributed by atoms with van der Waals surface area (Å²) in [6.07, 6.45) is 3.38. The number of carbonyl (C=O) groups excluding carboxylic acids is 1. The van der Waals surface area contributed by atoms with Gasteiger partial charge in [-0.1, -0.05) is 6.07 Å². The van der Waals surface area contributed by atoms with Gasteiger partial charge >= 0.3 is 0 Å². The molecule has 0 saturated heterocycles. The molecule has 1 aromatic rings. The monoisotopic (exact) mass is 217 g/mol. The van der Waals surface area contributed by atoms with Gasteiger partial charge in [-0.2, -0.15) is 0 Å². The smallest absolute Gasteiger partial charge is 0.187 e. The Morgan fingerprint density at radius 3 is 2.19 bits per heavy atom. The predicted octanol–water partition coefficient (Wildman–Crippen LogP) is 2.87. The summed E-state index contributed by atoms with van der Waals surface area (Å²) in [7, 11) is 3.80. The van der Waals surface area contributed by atoms with E-state index in [1.807, 2.05) is 38.9 Å². The van der Waals surface area contributed by atoms with Crippen LogP contribution in [-0.2, 0) is 0 Å². The van der Waals surface area contributed by atoms with Crippen molar-refractivity contribution in [3.8, 4) is 0 Å². The molecule has 2 heteroatoms. The molecule has 0 aromatic heterocycles. The van der Waals surface area contributed by atoms with Crippen molar-refractivity contribution in [1.82, 2.24) is 4.90 Å². The molecule has 0 radical (unpaired) electrons. The largest absolute Gasteiger partial charge is 0.383 e. The van der Waals surface area contributed by atoms with Gasteiger partial charge in [0.15, 0.2) is 5.78 Å². The normalized spacial score (nSPS) is 10.8. The molecule has 86 valence electrons. The van der Waals surface area contributed by atoms with Crippen LogP contribution in [0, 0.1) is 20.8 Å². The molecule has 0 saturated carbocycles. The number of benzene rings is 1. The maximum absolute atomic E-state index is 11.9. The molecule has 0 amide bonds. The Balaban J connectivity index is 3.05. The zero-order chi connectivity index (χ0) is 12.3. The number of aryl methyl sites for hydroxylation is 3. The van der Waals surface area contributed by atoms with E-state index in [4.69, 9.17) is 0 Å². The quantitative estimate of drug-likeness (QED) is 0.573. The third-order valence-corrected chi connectivity index (χ3v) is 2.63. The topological polar surface area (TPSA) is 20.3 Å². The van der Waals surface area contributed by atoms with E-state index in [0.29, 0.717) is 0 Å². The maximum atomic E-state index is 11.9. The van der Waals surface area contributed by atoms with E-state index in [2.05, 4.69) is 13.0 Å². The van der Waals surface area contributed by atoms with Gasteiger partial charge in [0.25, 0.3) is 0 Å². The zero-order valence-corrected chi connectivity index (χ0v) is 10.7. The van der Waals surface area contributed by atoms with Crippen molar-refractivity contribution in [1.29, 1.82) is 0 Å². The fourth-order valence-electron chi connectivity index (χ4n) is 1.53. The summed E-state index contributed by atoms with van der Waals surface area (Å²) in [4.78, 5) is 13.8. The lowest BCUT2D eigenvalue weighted by Crippen LogP contribution is -2.04. The summed E-state index contributed by atoms with van der Waals surface area (Å²) >= 11 is 0. The molecule has 0 aliphatic heterocycles. The first kappa shape index (κ1) is 12.5. The Labute approximate surface area is 97.6 Å². The van der Waals surface area contributed by atoms with Gasteiger partial charge in [0.2, 0.25) is 0 Å². The van der Waals surface area contributed by atoms with Crippen molar-refractivity contribution in [3.63, 3.8) is 0 Å². The molecule has 0 unspecified atom stereocenters. The van der Waals surface area contributed by atoms with Gasteiger partial charge in [-0.15, -0.1) is 0 Å². The molecule has 0 spiro atoms. The molecule has 0 heterocycles. The first-order chi connectivity index (χ1) is 7.41. The predicted molar refractivity (Wildman–Crippen MR) is 67.8 cm³/mol. The molecule has 0 fully saturated rings. The molecule has 1 rings (SSSR count). The van der Waals surface area contributed by atoms with Crippen molar-refractivity contribution in [2.75, 3.05) is 14.1 Å². The summed E-state index contributed by atoms with van der Waals surface area (Å²) in [6, 6.07) is 4.03. The number of nitrogens with zero attached hydrogens (tertiary/aromatic N) is 1. The van der Waals surface area contributed by atoms with Gasteiger partial charge in [0.1, 0.15) is 0 Å². The fourth-order valence-corrected chi connectivity index (χ4v) is 1.53. The van der Waals surface area contributed by atoms with E-state index >= 15 is 0 Å². The van der Waals surface area contributed by atoms with Crippen LogP contribution in [0.5, 0.6) is 0 Å². The molecule has 0 atom stereocenters. The van der Waals surface area contributed by atoms with Crippen LogP contribution in [0.1, 0.15) is 27.0 Å². The zero-order valence-electron chi connectivity index (χ0n) is 10.7. The van der Waals surface area contributed by atoms with Crippen LogP contribution in [0.2, 0.25) is 0 Å². The lowest BCUT2D eigenvalue weighted by Gasteiger charge is -2.08. The average Bonchev–Trinajstić information content (AvgIpc) is 2.20. The lowest BCUT2D eigenvalue weighted by atomic mass is 9.98. The molecule has 2 nitrogen and oxygen atoms in total. The third-order valence-electron chi connectivity index (χ3n) is 2.63. The van der Waals surface area contributed by atoms with Crippen LogP contribution < -0.4 is 0 Å². The second-order valence-corrected chi connectivity index (χ2v) is 4.39. The number of allylic oxidation sites excluding steroid dienone is 1. The van der Waals surface area contributed by atoms with E-state index in [0.717, 1.165) is 16.7 Å². The van der Waals surface area contributed by atoms with Crippen molar-refractivity contribution < 1.29 is 4.79 Å². The molecule has 0 aliphatic rings. The minimum Gasteiger partial charge on any atom is -0.383 e. The highest BCUT2D eigenvalue weighted by molar-refractivity contribution is 6.05. The van der Waals surface area contributed by atoms with E-state index in [1.54, 1.807) is 12.3 Å². The van der Waals surface area contributed by atoms with Gasteiger partial charge in [-0.05, 0) is 43.5 Å². The molecule has 0 N–H and O–H groups in total. The second kappa shape index (κ2) is 4.97. The number of carbonyl (C=O) groups is 1. The third kappa shape index (κ3) is 2.96. The standard InChI is InChI=1S/C14H19NO/c1-10-8-12(3)13(9-11(10)2)14(16)6-7-15(4)5/h6-9H,1-5H3. The molecule has 1 aromatic carbocycles.